The smallest absolute Gasteiger partial charge is 0.255 e. The van der Waals surface area contributed by atoms with Crippen LogP contribution in [0.4, 0.5) is 11.4 Å². The van der Waals surface area contributed by atoms with Gasteiger partial charge < -0.3 is 15.5 Å². The fourth-order valence-corrected chi connectivity index (χ4v) is 2.55. The van der Waals surface area contributed by atoms with Crippen LogP contribution in [0.2, 0.25) is 5.02 Å². The van der Waals surface area contributed by atoms with Crippen molar-refractivity contribution < 1.29 is 9.59 Å². The molecule has 0 spiro atoms. The van der Waals surface area contributed by atoms with Gasteiger partial charge in [-0.3, -0.25) is 9.59 Å². The predicted molar refractivity (Wildman–Crippen MR) is 107 cm³/mol. The number of anilines is 2. The number of halogens is 1. The molecule has 0 aliphatic carbocycles. The first-order chi connectivity index (χ1) is 12.1. The van der Waals surface area contributed by atoms with Crippen LogP contribution in [0.1, 0.15) is 41.5 Å². The second-order valence-electron chi connectivity index (χ2n) is 7.29. The fraction of sp³-hybridized carbons (Fsp3) is 0.300. The monoisotopic (exact) mass is 373 g/mol. The lowest BCUT2D eigenvalue weighted by Crippen LogP contribution is -2.40. The number of nitrogens with one attached hydrogen (secondary N) is 2. The van der Waals surface area contributed by atoms with Crippen molar-refractivity contribution in [3.63, 3.8) is 0 Å². The summed E-state index contributed by atoms with van der Waals surface area (Å²) in [5, 5.41) is 6.30. The average molecular weight is 374 g/mol. The van der Waals surface area contributed by atoms with E-state index in [1.807, 2.05) is 45.8 Å². The van der Waals surface area contributed by atoms with Gasteiger partial charge in [0.15, 0.2) is 0 Å². The third-order valence-corrected chi connectivity index (χ3v) is 3.82. The van der Waals surface area contributed by atoms with Gasteiger partial charge in [-0.2, -0.15) is 0 Å². The maximum absolute atomic E-state index is 12.5. The van der Waals surface area contributed by atoms with E-state index in [9.17, 15) is 9.59 Å². The van der Waals surface area contributed by atoms with Crippen molar-refractivity contribution in [2.75, 3.05) is 24.3 Å². The van der Waals surface area contributed by atoms with Crippen LogP contribution in [-0.4, -0.2) is 31.4 Å². The summed E-state index contributed by atoms with van der Waals surface area (Å²) in [6.07, 6.45) is 0. The minimum atomic E-state index is -0.317. The number of amides is 2. The van der Waals surface area contributed by atoms with Crippen LogP contribution in [0.25, 0.3) is 0 Å². The summed E-state index contributed by atoms with van der Waals surface area (Å²) >= 11 is 6.05. The Balaban J connectivity index is 2.16. The summed E-state index contributed by atoms with van der Waals surface area (Å²) < 4.78 is 0. The van der Waals surface area contributed by atoms with Crippen LogP contribution in [-0.2, 0) is 0 Å². The normalized spacial score (nSPS) is 11.0. The zero-order valence-corrected chi connectivity index (χ0v) is 16.4. The Hall–Kier alpha value is -2.53. The lowest BCUT2D eigenvalue weighted by molar-refractivity contribution is 0.0918. The molecule has 0 aliphatic heterocycles. The number of hydrogen-bond donors (Lipinski definition) is 2. The summed E-state index contributed by atoms with van der Waals surface area (Å²) in [6.45, 7) is 5.75. The molecule has 0 aliphatic rings. The van der Waals surface area contributed by atoms with Crippen molar-refractivity contribution in [1.29, 1.82) is 0 Å². The van der Waals surface area contributed by atoms with Gasteiger partial charge in [0.05, 0.1) is 11.4 Å². The maximum atomic E-state index is 12.5. The summed E-state index contributed by atoms with van der Waals surface area (Å²) in [5.41, 5.74) is 2.13. The Labute approximate surface area is 159 Å². The van der Waals surface area contributed by atoms with E-state index in [4.69, 9.17) is 11.6 Å². The van der Waals surface area contributed by atoms with Gasteiger partial charge in [-0.25, -0.2) is 0 Å². The van der Waals surface area contributed by atoms with Crippen molar-refractivity contribution in [1.82, 2.24) is 5.32 Å². The number of carbonyl (C=O) groups is 2. The zero-order chi connectivity index (χ0) is 19.5. The van der Waals surface area contributed by atoms with E-state index < -0.39 is 0 Å². The lowest BCUT2D eigenvalue weighted by Gasteiger charge is -2.20. The van der Waals surface area contributed by atoms with Gasteiger partial charge in [-0.15, -0.1) is 0 Å². The van der Waals surface area contributed by atoms with Crippen molar-refractivity contribution in [2.24, 2.45) is 0 Å². The summed E-state index contributed by atoms with van der Waals surface area (Å²) in [4.78, 5) is 26.6. The van der Waals surface area contributed by atoms with Gasteiger partial charge in [0.1, 0.15) is 0 Å². The van der Waals surface area contributed by atoms with E-state index in [0.29, 0.717) is 21.8 Å². The zero-order valence-electron chi connectivity index (χ0n) is 15.7. The SMILES string of the molecule is CN(C)c1ccc(Cl)cc1NC(=O)c1ccc(C(=O)NC(C)(C)C)cc1. The first kappa shape index (κ1) is 19.8. The third kappa shape index (κ3) is 5.23. The largest absolute Gasteiger partial charge is 0.376 e. The first-order valence-electron chi connectivity index (χ1n) is 8.27. The number of rotatable bonds is 4. The summed E-state index contributed by atoms with van der Waals surface area (Å²) in [5.74, 6) is -0.438. The second kappa shape index (κ2) is 7.79. The second-order valence-corrected chi connectivity index (χ2v) is 7.73. The summed E-state index contributed by atoms with van der Waals surface area (Å²) in [7, 11) is 3.78. The van der Waals surface area contributed by atoms with Crippen LogP contribution in [0.15, 0.2) is 42.5 Å². The minimum absolute atomic E-state index is 0.172. The van der Waals surface area contributed by atoms with E-state index in [1.54, 1.807) is 36.4 Å². The van der Waals surface area contributed by atoms with Crippen LogP contribution in [0.5, 0.6) is 0 Å². The molecule has 2 N–H and O–H groups in total. The number of carbonyl (C=O) groups excluding carboxylic acids is 2. The molecule has 0 bridgehead atoms. The molecule has 2 rings (SSSR count). The van der Waals surface area contributed by atoms with Crippen LogP contribution in [0.3, 0.4) is 0 Å². The third-order valence-electron chi connectivity index (χ3n) is 3.59. The highest BCUT2D eigenvalue weighted by atomic mass is 35.5. The van der Waals surface area contributed by atoms with Gasteiger partial charge in [0, 0.05) is 35.8 Å². The van der Waals surface area contributed by atoms with Crippen molar-refractivity contribution >= 4 is 34.8 Å². The fourth-order valence-electron chi connectivity index (χ4n) is 2.38. The highest BCUT2D eigenvalue weighted by Crippen LogP contribution is 2.28. The predicted octanol–water partition coefficient (Wildman–Crippen LogP) is 4.19. The van der Waals surface area contributed by atoms with E-state index >= 15 is 0 Å². The van der Waals surface area contributed by atoms with Gasteiger partial charge in [-0.1, -0.05) is 11.6 Å². The Morgan fingerprint density at radius 3 is 1.96 bits per heavy atom. The van der Waals surface area contributed by atoms with Gasteiger partial charge >= 0.3 is 0 Å². The van der Waals surface area contributed by atoms with Gasteiger partial charge in [-0.05, 0) is 63.2 Å². The highest BCUT2D eigenvalue weighted by molar-refractivity contribution is 6.31. The Morgan fingerprint density at radius 1 is 0.923 bits per heavy atom. The molecular weight excluding hydrogens is 350 g/mol. The Morgan fingerprint density at radius 2 is 1.46 bits per heavy atom. The molecule has 0 atom stereocenters. The molecule has 0 unspecified atom stereocenters. The number of benzene rings is 2. The molecule has 2 aromatic rings. The van der Waals surface area contributed by atoms with E-state index in [1.165, 1.54) is 0 Å². The van der Waals surface area contributed by atoms with Crippen LogP contribution in [0, 0.1) is 0 Å². The standard InChI is InChI=1S/C20H24ClN3O2/c1-20(2,3)23-19(26)14-8-6-13(7-9-14)18(25)22-16-12-15(21)10-11-17(16)24(4)5/h6-12H,1-5H3,(H,22,25)(H,23,26). The van der Waals surface area contributed by atoms with E-state index in [0.717, 1.165) is 5.69 Å². The molecule has 0 radical (unpaired) electrons. The molecule has 0 saturated carbocycles. The molecule has 0 saturated heterocycles. The van der Waals surface area contributed by atoms with Gasteiger partial charge in [0.2, 0.25) is 0 Å². The lowest BCUT2D eigenvalue weighted by atomic mass is 10.1. The topological polar surface area (TPSA) is 61.4 Å². The minimum Gasteiger partial charge on any atom is -0.376 e. The van der Waals surface area contributed by atoms with E-state index in [2.05, 4.69) is 10.6 Å². The Bertz CT molecular complexity index is 809. The van der Waals surface area contributed by atoms with Crippen molar-refractivity contribution in [3.8, 4) is 0 Å². The number of hydrogen-bond acceptors (Lipinski definition) is 3. The molecule has 0 fully saturated rings. The molecule has 2 amide bonds. The molecule has 2 aromatic carbocycles. The average Bonchev–Trinajstić information content (AvgIpc) is 2.53. The molecule has 0 heterocycles. The Kier molecular flexibility index (Phi) is 5.93. The summed E-state index contributed by atoms with van der Waals surface area (Å²) in [6, 6.07) is 11.9. The highest BCUT2D eigenvalue weighted by Gasteiger charge is 2.16. The molecular formula is C20H24ClN3O2. The van der Waals surface area contributed by atoms with Crippen molar-refractivity contribution in [2.45, 2.75) is 26.3 Å². The molecule has 0 aromatic heterocycles. The molecule has 5 nitrogen and oxygen atoms in total. The molecule has 6 heteroatoms. The van der Waals surface area contributed by atoms with Crippen LogP contribution < -0.4 is 15.5 Å². The first-order valence-corrected chi connectivity index (χ1v) is 8.65. The van der Waals surface area contributed by atoms with Gasteiger partial charge in [0.25, 0.3) is 11.8 Å². The van der Waals surface area contributed by atoms with E-state index in [-0.39, 0.29) is 17.4 Å². The quantitative estimate of drug-likeness (QED) is 0.844. The number of nitrogens with zero attached hydrogens (tertiary/aromatic N) is 1. The maximum Gasteiger partial charge on any atom is 0.255 e. The molecule has 26 heavy (non-hydrogen) atoms. The van der Waals surface area contributed by atoms with Crippen LogP contribution >= 0.6 is 11.6 Å². The van der Waals surface area contributed by atoms with Crippen molar-refractivity contribution in [3.05, 3.63) is 58.6 Å². The molecule has 138 valence electrons.